The Bertz CT molecular complexity index is 638. The number of rotatable bonds is 4. The minimum Gasteiger partial charge on any atom is -0.397 e. The van der Waals surface area contributed by atoms with Crippen LogP contribution in [0.5, 0.6) is 0 Å². The van der Waals surface area contributed by atoms with Crippen LogP contribution in [0.4, 0.5) is 5.69 Å². The second kappa shape index (κ2) is 6.64. The van der Waals surface area contributed by atoms with E-state index in [9.17, 15) is 4.79 Å². The van der Waals surface area contributed by atoms with Gasteiger partial charge in [-0.15, -0.1) is 0 Å². The van der Waals surface area contributed by atoms with E-state index in [1.807, 2.05) is 12.1 Å². The molecule has 4 heteroatoms. The number of nitrogens with two attached hydrogens (primary N) is 1. The summed E-state index contributed by atoms with van der Waals surface area (Å²) in [5.74, 6) is -0.130. The minimum absolute atomic E-state index is 0.130. The van der Waals surface area contributed by atoms with Crippen molar-refractivity contribution in [2.75, 3.05) is 12.8 Å². The molecule has 0 unspecified atom stereocenters. The third-order valence-corrected chi connectivity index (χ3v) is 3.81. The van der Waals surface area contributed by atoms with Gasteiger partial charge >= 0.3 is 0 Å². The van der Waals surface area contributed by atoms with Crippen LogP contribution in [-0.2, 0) is 13.0 Å². The van der Waals surface area contributed by atoms with Gasteiger partial charge in [0.15, 0.2) is 0 Å². The highest BCUT2D eigenvalue weighted by atomic mass is 35.5. The number of anilines is 1. The third-order valence-electron chi connectivity index (χ3n) is 3.48. The summed E-state index contributed by atoms with van der Waals surface area (Å²) in [5, 5.41) is 0.404. The maximum Gasteiger partial charge on any atom is 0.256 e. The van der Waals surface area contributed by atoms with Gasteiger partial charge in [-0.2, -0.15) is 0 Å². The minimum atomic E-state index is -0.130. The Hall–Kier alpha value is -2.00. The molecule has 2 N–H and O–H groups in total. The van der Waals surface area contributed by atoms with Crippen molar-refractivity contribution in [2.24, 2.45) is 0 Å². The van der Waals surface area contributed by atoms with Gasteiger partial charge in [0.1, 0.15) is 0 Å². The van der Waals surface area contributed by atoms with Crippen LogP contribution < -0.4 is 5.73 Å². The van der Waals surface area contributed by atoms with Gasteiger partial charge in [0, 0.05) is 13.6 Å². The number of halogens is 1. The molecule has 0 spiro atoms. The number of nitrogens with zero attached hydrogens (tertiary/aromatic N) is 1. The first-order valence-corrected chi connectivity index (χ1v) is 7.28. The highest BCUT2D eigenvalue weighted by Gasteiger charge is 2.16. The lowest BCUT2D eigenvalue weighted by molar-refractivity contribution is 0.0786. The zero-order valence-electron chi connectivity index (χ0n) is 12.3. The van der Waals surface area contributed by atoms with Gasteiger partial charge in [0.25, 0.3) is 5.91 Å². The number of para-hydroxylation sites is 1. The average molecular weight is 303 g/mol. The third kappa shape index (κ3) is 3.56. The fraction of sp³-hybridized carbons (Fsp3) is 0.235. The van der Waals surface area contributed by atoms with E-state index in [0.717, 1.165) is 12.0 Å². The molecule has 2 rings (SSSR count). The molecule has 0 aromatic heterocycles. The zero-order chi connectivity index (χ0) is 15.4. The van der Waals surface area contributed by atoms with E-state index in [2.05, 4.69) is 19.1 Å². The van der Waals surface area contributed by atoms with Crippen LogP contribution in [0.3, 0.4) is 0 Å². The molecule has 0 fully saturated rings. The predicted octanol–water partition coefficient (Wildman–Crippen LogP) is 3.76. The zero-order valence-corrected chi connectivity index (χ0v) is 13.0. The fourth-order valence-corrected chi connectivity index (χ4v) is 2.33. The highest BCUT2D eigenvalue weighted by Crippen LogP contribution is 2.23. The lowest BCUT2D eigenvalue weighted by atomic mass is 10.1. The number of aryl methyl sites for hydroxylation is 1. The van der Waals surface area contributed by atoms with Crippen LogP contribution in [0.15, 0.2) is 42.5 Å². The summed E-state index contributed by atoms with van der Waals surface area (Å²) in [6.45, 7) is 2.65. The number of benzene rings is 2. The number of amides is 1. The molecule has 0 radical (unpaired) electrons. The molecular weight excluding hydrogens is 284 g/mol. The van der Waals surface area contributed by atoms with Gasteiger partial charge in [-0.25, -0.2) is 0 Å². The summed E-state index contributed by atoms with van der Waals surface area (Å²) >= 11 is 5.96. The lowest BCUT2D eigenvalue weighted by Crippen LogP contribution is -2.27. The summed E-state index contributed by atoms with van der Waals surface area (Å²) in [7, 11) is 1.76. The summed E-state index contributed by atoms with van der Waals surface area (Å²) in [6.07, 6.45) is 1.01. The SMILES string of the molecule is CCc1ccc(CN(C)C(=O)c2cccc(Cl)c2N)cc1. The molecule has 1 amide bonds. The van der Waals surface area contributed by atoms with Crippen molar-refractivity contribution in [3.8, 4) is 0 Å². The fourth-order valence-electron chi connectivity index (χ4n) is 2.16. The molecule has 2 aromatic carbocycles. The van der Waals surface area contributed by atoms with Gasteiger partial charge in [0.05, 0.1) is 16.3 Å². The van der Waals surface area contributed by atoms with Crippen LogP contribution in [0.25, 0.3) is 0 Å². The second-order valence-corrected chi connectivity index (χ2v) is 5.44. The van der Waals surface area contributed by atoms with E-state index in [1.54, 1.807) is 30.1 Å². The first-order valence-electron chi connectivity index (χ1n) is 6.90. The van der Waals surface area contributed by atoms with Crippen molar-refractivity contribution >= 4 is 23.2 Å². The Kier molecular flexibility index (Phi) is 4.86. The van der Waals surface area contributed by atoms with Gasteiger partial charge in [-0.3, -0.25) is 4.79 Å². The predicted molar refractivity (Wildman–Crippen MR) is 87.5 cm³/mol. The lowest BCUT2D eigenvalue weighted by Gasteiger charge is -2.19. The average Bonchev–Trinajstić information content (AvgIpc) is 2.50. The van der Waals surface area contributed by atoms with Gasteiger partial charge < -0.3 is 10.6 Å². The molecule has 0 saturated heterocycles. The summed E-state index contributed by atoms with van der Waals surface area (Å²) in [4.78, 5) is 14.1. The first-order chi connectivity index (χ1) is 10.0. The van der Waals surface area contributed by atoms with Crippen LogP contribution in [0, 0.1) is 0 Å². The number of hydrogen-bond donors (Lipinski definition) is 1. The van der Waals surface area contributed by atoms with E-state index < -0.39 is 0 Å². The van der Waals surface area contributed by atoms with Crippen molar-refractivity contribution in [2.45, 2.75) is 19.9 Å². The highest BCUT2D eigenvalue weighted by molar-refractivity contribution is 6.33. The second-order valence-electron chi connectivity index (χ2n) is 5.03. The molecule has 0 aliphatic rings. The molecule has 2 aromatic rings. The normalized spacial score (nSPS) is 10.4. The molecule has 0 saturated carbocycles. The van der Waals surface area contributed by atoms with E-state index in [0.29, 0.717) is 22.8 Å². The maximum atomic E-state index is 12.4. The number of nitrogen functional groups attached to an aromatic ring is 1. The quantitative estimate of drug-likeness (QED) is 0.874. The van der Waals surface area contributed by atoms with Gasteiger partial charge in [-0.05, 0) is 29.7 Å². The van der Waals surface area contributed by atoms with E-state index >= 15 is 0 Å². The van der Waals surface area contributed by atoms with E-state index in [-0.39, 0.29) is 5.91 Å². The summed E-state index contributed by atoms with van der Waals surface area (Å²) < 4.78 is 0. The van der Waals surface area contributed by atoms with Crippen molar-refractivity contribution < 1.29 is 4.79 Å². The van der Waals surface area contributed by atoms with Gasteiger partial charge in [-0.1, -0.05) is 48.9 Å². The molecule has 3 nitrogen and oxygen atoms in total. The van der Waals surface area contributed by atoms with Crippen molar-refractivity contribution in [3.63, 3.8) is 0 Å². The summed E-state index contributed by atoms with van der Waals surface area (Å²) in [5.41, 5.74) is 9.01. The van der Waals surface area contributed by atoms with Crippen LogP contribution >= 0.6 is 11.6 Å². The number of carbonyl (C=O) groups excluding carboxylic acids is 1. The first kappa shape index (κ1) is 15.4. The molecule has 0 aliphatic heterocycles. The number of hydrogen-bond acceptors (Lipinski definition) is 2. The standard InChI is InChI=1S/C17H19ClN2O/c1-3-12-7-9-13(10-8-12)11-20(2)17(21)14-5-4-6-15(18)16(14)19/h4-10H,3,11,19H2,1-2H3. The Balaban J connectivity index is 2.13. The Morgan fingerprint density at radius 3 is 2.38 bits per heavy atom. The molecule has 110 valence electrons. The molecule has 21 heavy (non-hydrogen) atoms. The number of carbonyl (C=O) groups is 1. The van der Waals surface area contributed by atoms with E-state index in [4.69, 9.17) is 17.3 Å². The molecule has 0 atom stereocenters. The smallest absolute Gasteiger partial charge is 0.256 e. The largest absolute Gasteiger partial charge is 0.397 e. The van der Waals surface area contributed by atoms with Crippen LogP contribution in [0.2, 0.25) is 5.02 Å². The maximum absolute atomic E-state index is 12.4. The molecular formula is C17H19ClN2O. The Labute approximate surface area is 130 Å². The van der Waals surface area contributed by atoms with Gasteiger partial charge in [0.2, 0.25) is 0 Å². The molecule has 0 bridgehead atoms. The summed E-state index contributed by atoms with van der Waals surface area (Å²) in [6, 6.07) is 13.4. The monoisotopic (exact) mass is 302 g/mol. The topological polar surface area (TPSA) is 46.3 Å². The Morgan fingerprint density at radius 2 is 1.76 bits per heavy atom. The van der Waals surface area contributed by atoms with Crippen LogP contribution in [0.1, 0.15) is 28.4 Å². The molecule has 0 heterocycles. The van der Waals surface area contributed by atoms with E-state index in [1.165, 1.54) is 5.56 Å². The van der Waals surface area contributed by atoms with Crippen molar-refractivity contribution in [1.29, 1.82) is 0 Å². The van der Waals surface area contributed by atoms with Crippen molar-refractivity contribution in [3.05, 3.63) is 64.2 Å². The molecule has 0 aliphatic carbocycles. The Morgan fingerprint density at radius 1 is 1.14 bits per heavy atom. The van der Waals surface area contributed by atoms with Crippen LogP contribution in [-0.4, -0.2) is 17.9 Å². The van der Waals surface area contributed by atoms with Crippen molar-refractivity contribution in [1.82, 2.24) is 4.90 Å².